The number of ketones is 2. The lowest BCUT2D eigenvalue weighted by Gasteiger charge is -2.30. The van der Waals surface area contributed by atoms with Crippen molar-refractivity contribution in [1.82, 2.24) is 0 Å². The van der Waals surface area contributed by atoms with Crippen molar-refractivity contribution in [3.63, 3.8) is 0 Å². The maximum Gasteiger partial charge on any atom is 0.226 e. The number of carbonyl (C=O) groups is 2. The number of carbonyl (C=O) groups excluding carboxylic acids is 2. The molecule has 0 aliphatic heterocycles. The molecule has 198 valence electrons. The van der Waals surface area contributed by atoms with E-state index < -0.39 is 0 Å². The third kappa shape index (κ3) is 8.10. The molecular formula is C35H36N2O2. The van der Waals surface area contributed by atoms with Crippen molar-refractivity contribution in [2.45, 2.75) is 53.9 Å². The normalized spacial score (nSPS) is 24.8. The molecule has 3 atom stereocenters. The van der Waals surface area contributed by atoms with Crippen LogP contribution in [0.4, 0.5) is 0 Å². The molecule has 39 heavy (non-hydrogen) atoms. The van der Waals surface area contributed by atoms with Gasteiger partial charge in [0.05, 0.1) is 13.1 Å². The van der Waals surface area contributed by atoms with E-state index in [1.165, 1.54) is 11.1 Å². The summed E-state index contributed by atoms with van der Waals surface area (Å²) in [6, 6.07) is 16.6. The van der Waals surface area contributed by atoms with E-state index in [2.05, 4.69) is 110 Å². The van der Waals surface area contributed by atoms with Gasteiger partial charge in [0.1, 0.15) is 0 Å². The zero-order valence-electron chi connectivity index (χ0n) is 23.5. The van der Waals surface area contributed by atoms with Crippen molar-refractivity contribution in [3.05, 3.63) is 129 Å². The summed E-state index contributed by atoms with van der Waals surface area (Å²) in [6.45, 7) is 24.3. The van der Waals surface area contributed by atoms with Crippen molar-refractivity contribution >= 4 is 23.7 Å². The third-order valence-corrected chi connectivity index (χ3v) is 7.26. The van der Waals surface area contributed by atoms with Gasteiger partial charge in [0.25, 0.3) is 0 Å². The Morgan fingerprint density at radius 2 is 1.23 bits per heavy atom. The smallest absolute Gasteiger partial charge is 0.226 e. The van der Waals surface area contributed by atoms with Gasteiger partial charge >= 0.3 is 0 Å². The van der Waals surface area contributed by atoms with E-state index in [1.54, 1.807) is 6.08 Å². The fourth-order valence-corrected chi connectivity index (χ4v) is 4.78. The van der Waals surface area contributed by atoms with E-state index in [9.17, 15) is 9.59 Å². The molecule has 0 amide bonds. The summed E-state index contributed by atoms with van der Waals surface area (Å²) in [7, 11) is 0. The first-order valence-corrected chi connectivity index (χ1v) is 13.3. The van der Waals surface area contributed by atoms with Crippen LogP contribution >= 0.6 is 0 Å². The summed E-state index contributed by atoms with van der Waals surface area (Å²) < 4.78 is 0. The van der Waals surface area contributed by atoms with Crippen LogP contribution in [-0.4, -0.2) is 11.6 Å². The third-order valence-electron chi connectivity index (χ3n) is 7.26. The quantitative estimate of drug-likeness (QED) is 0.382. The van der Waals surface area contributed by atoms with Crippen LogP contribution in [0.2, 0.25) is 0 Å². The van der Waals surface area contributed by atoms with Crippen molar-refractivity contribution < 1.29 is 9.59 Å². The fourth-order valence-electron chi connectivity index (χ4n) is 4.78. The summed E-state index contributed by atoms with van der Waals surface area (Å²) in [4.78, 5) is 30.1. The Labute approximate surface area is 233 Å². The molecule has 0 aromatic heterocycles. The topological polar surface area (TPSA) is 42.9 Å². The van der Waals surface area contributed by atoms with Gasteiger partial charge in [0.15, 0.2) is 11.6 Å². The van der Waals surface area contributed by atoms with Crippen molar-refractivity contribution in [3.8, 4) is 0 Å². The van der Waals surface area contributed by atoms with Gasteiger partial charge in [-0.1, -0.05) is 117 Å². The van der Waals surface area contributed by atoms with Crippen molar-refractivity contribution in [1.29, 1.82) is 0 Å². The summed E-state index contributed by atoms with van der Waals surface area (Å²) in [5, 5.41) is 0. The lowest BCUT2D eigenvalue weighted by Crippen LogP contribution is -2.27. The first kappa shape index (κ1) is 29.3. The Kier molecular flexibility index (Phi) is 9.39. The van der Waals surface area contributed by atoms with Crippen LogP contribution in [-0.2, 0) is 9.59 Å². The molecule has 1 unspecified atom stereocenters. The molecule has 0 radical (unpaired) electrons. The van der Waals surface area contributed by atoms with Crippen LogP contribution in [0.15, 0.2) is 84.2 Å². The molecule has 2 aliphatic rings. The molecule has 0 spiro atoms. The average molecular weight is 517 g/mol. The van der Waals surface area contributed by atoms with Gasteiger partial charge < -0.3 is 9.59 Å². The molecule has 0 heterocycles. The molecule has 2 aliphatic carbocycles. The van der Waals surface area contributed by atoms with Gasteiger partial charge in [-0.2, -0.15) is 0 Å². The van der Waals surface area contributed by atoms with Crippen LogP contribution in [0.1, 0.15) is 62.3 Å². The van der Waals surface area contributed by atoms with Crippen molar-refractivity contribution in [2.75, 3.05) is 0 Å². The molecule has 4 nitrogen and oxygen atoms in total. The number of allylic oxidation sites excluding steroid dienone is 6. The van der Waals surface area contributed by atoms with Crippen LogP contribution in [0.5, 0.6) is 0 Å². The van der Waals surface area contributed by atoms with Crippen LogP contribution in [0.25, 0.3) is 21.8 Å². The number of hydrogen-bond donors (Lipinski definition) is 0. The highest BCUT2D eigenvalue weighted by Crippen LogP contribution is 2.38. The monoisotopic (exact) mass is 516 g/mol. The number of nitrogens with zero attached hydrogens (tertiary/aromatic N) is 2. The molecule has 0 bridgehead atoms. The molecule has 0 N–H and O–H groups in total. The number of benzene rings is 2. The largest absolute Gasteiger partial charge is 0.308 e. The van der Waals surface area contributed by atoms with Crippen LogP contribution < -0.4 is 0 Å². The minimum absolute atomic E-state index is 0.0267. The SMILES string of the molecule is [C-]#[N+]C1=C[C@](C)(/C=C/c2ccc(C)cc2)CC(C)C1=O.[C-]#[N+]C1=C[C@](C)(/C=C/c2ccc(C)cc2)CCC1=O. The maximum absolute atomic E-state index is 11.8. The Morgan fingerprint density at radius 1 is 0.769 bits per heavy atom. The molecule has 0 saturated carbocycles. The highest BCUT2D eigenvalue weighted by molar-refractivity contribution is 5.99. The average Bonchev–Trinajstić information content (AvgIpc) is 2.92. The second kappa shape index (κ2) is 12.5. The first-order valence-electron chi connectivity index (χ1n) is 13.3. The Morgan fingerprint density at radius 3 is 1.72 bits per heavy atom. The van der Waals surface area contributed by atoms with Crippen LogP contribution in [0, 0.1) is 43.7 Å². The van der Waals surface area contributed by atoms with Gasteiger partial charge in [-0.05, 0) is 48.6 Å². The Bertz CT molecular complexity index is 1430. The predicted molar refractivity (Wildman–Crippen MR) is 159 cm³/mol. The molecule has 2 aromatic carbocycles. The second-order valence-electron chi connectivity index (χ2n) is 11.2. The van der Waals surface area contributed by atoms with E-state index in [0.29, 0.717) is 6.42 Å². The summed E-state index contributed by atoms with van der Waals surface area (Å²) in [5.41, 5.74) is 4.89. The minimum atomic E-state index is -0.224. The van der Waals surface area contributed by atoms with Gasteiger partial charge in [-0.25, -0.2) is 9.69 Å². The predicted octanol–water partition coefficient (Wildman–Crippen LogP) is 8.61. The molecule has 4 heteroatoms. The molecular weight excluding hydrogens is 480 g/mol. The molecule has 0 fully saturated rings. The standard InChI is InChI=1S/C18H19NO.C17H17NO/c1-13-5-7-15(8-6-13)9-10-18(3)11-14(2)17(20)16(12-18)19-4;1-13-4-6-14(7-5-13)8-10-17(2)11-9-16(19)15(12-17)18-3/h5-10,12,14H,11H2,1-3H3;4-8,10,12H,9,11H2,1-2H3/b10-9+;10-8+/t14?,18-;17-/m11/s1. The summed E-state index contributed by atoms with van der Waals surface area (Å²) in [5.74, 6) is -0.144. The van der Waals surface area contributed by atoms with E-state index >= 15 is 0 Å². The first-order chi connectivity index (χ1) is 18.5. The summed E-state index contributed by atoms with van der Waals surface area (Å²) >= 11 is 0. The zero-order chi connectivity index (χ0) is 28.6. The number of rotatable bonds is 4. The van der Waals surface area contributed by atoms with Gasteiger partial charge in [0, 0.05) is 12.3 Å². The van der Waals surface area contributed by atoms with Gasteiger partial charge in [-0.15, -0.1) is 0 Å². The van der Waals surface area contributed by atoms with Crippen molar-refractivity contribution in [2.24, 2.45) is 16.7 Å². The number of Topliss-reactive ketones (excluding diaryl/α,β-unsaturated/α-hetero) is 2. The summed E-state index contributed by atoms with van der Waals surface area (Å²) in [6.07, 6.45) is 13.9. The lowest BCUT2D eigenvalue weighted by molar-refractivity contribution is -0.119. The Balaban J connectivity index is 0.000000216. The van der Waals surface area contributed by atoms with Gasteiger partial charge in [-0.3, -0.25) is 0 Å². The van der Waals surface area contributed by atoms with Crippen LogP contribution in [0.3, 0.4) is 0 Å². The molecule has 4 rings (SSSR count). The highest BCUT2D eigenvalue weighted by atomic mass is 16.1. The zero-order valence-corrected chi connectivity index (χ0v) is 23.5. The maximum atomic E-state index is 11.8. The number of hydrogen-bond acceptors (Lipinski definition) is 2. The van der Waals surface area contributed by atoms with E-state index in [0.717, 1.165) is 24.0 Å². The molecule has 2 aromatic rings. The minimum Gasteiger partial charge on any atom is -0.308 e. The Hall–Kier alpha value is -4.28. The molecule has 0 saturated heterocycles. The lowest BCUT2D eigenvalue weighted by atomic mass is 9.74. The van der Waals surface area contributed by atoms with Gasteiger partial charge in [0.2, 0.25) is 11.4 Å². The number of aryl methyl sites for hydroxylation is 2. The van der Waals surface area contributed by atoms with E-state index in [1.807, 2.05) is 13.0 Å². The fraction of sp³-hybridized carbons (Fsp3) is 0.314. The second-order valence-corrected chi connectivity index (χ2v) is 11.2. The highest BCUT2D eigenvalue weighted by Gasteiger charge is 2.33. The van der Waals surface area contributed by atoms with E-state index in [-0.39, 0.29) is 39.7 Å². The van der Waals surface area contributed by atoms with E-state index in [4.69, 9.17) is 13.1 Å².